The van der Waals surface area contributed by atoms with E-state index in [1.165, 1.54) is 0 Å². The van der Waals surface area contributed by atoms with E-state index in [9.17, 15) is 13.2 Å². The van der Waals surface area contributed by atoms with Crippen molar-refractivity contribution < 1.29 is 13.2 Å². The highest BCUT2D eigenvalue weighted by atomic mass is 19.2. The van der Waals surface area contributed by atoms with E-state index in [2.05, 4.69) is 12.2 Å². The second-order valence-corrected chi connectivity index (χ2v) is 5.20. The minimum Gasteiger partial charge on any atom is -0.368 e. The maximum atomic E-state index is 13.3. The summed E-state index contributed by atoms with van der Waals surface area (Å²) >= 11 is 0. The number of nitrogens with one attached hydrogen (secondary N) is 1. The number of rotatable bonds is 2. The van der Waals surface area contributed by atoms with E-state index >= 15 is 0 Å². The second-order valence-electron chi connectivity index (χ2n) is 5.20. The van der Waals surface area contributed by atoms with Gasteiger partial charge in [0.15, 0.2) is 17.5 Å². The molecule has 1 aliphatic heterocycles. The van der Waals surface area contributed by atoms with E-state index in [0.717, 1.165) is 18.6 Å². The molecule has 0 radical (unpaired) electrons. The van der Waals surface area contributed by atoms with Crippen LogP contribution in [-0.4, -0.2) is 25.7 Å². The van der Waals surface area contributed by atoms with Gasteiger partial charge in [0.05, 0.1) is 0 Å². The largest absolute Gasteiger partial charge is 0.368 e. The fraction of sp³-hybridized carbons (Fsp3) is 0.571. The molecule has 0 bridgehead atoms. The molecule has 1 saturated heterocycles. The van der Waals surface area contributed by atoms with Crippen LogP contribution in [0, 0.1) is 23.4 Å². The molecule has 2 rings (SSSR count). The van der Waals surface area contributed by atoms with Crippen LogP contribution >= 0.6 is 0 Å². The van der Waals surface area contributed by atoms with Crippen molar-refractivity contribution >= 4 is 5.69 Å². The van der Waals surface area contributed by atoms with Crippen molar-refractivity contribution in [3.8, 4) is 0 Å². The Hall–Kier alpha value is -1.23. The van der Waals surface area contributed by atoms with E-state index in [4.69, 9.17) is 0 Å². The molecular weight excluding hydrogens is 253 g/mol. The van der Waals surface area contributed by atoms with E-state index in [1.807, 2.05) is 18.9 Å². The fourth-order valence-electron chi connectivity index (χ4n) is 2.84. The maximum Gasteiger partial charge on any atom is 0.194 e. The van der Waals surface area contributed by atoms with Gasteiger partial charge >= 0.3 is 0 Å². The van der Waals surface area contributed by atoms with Gasteiger partial charge in [-0.05, 0) is 26.3 Å². The summed E-state index contributed by atoms with van der Waals surface area (Å²) in [4.78, 5) is 1.93. The van der Waals surface area contributed by atoms with Gasteiger partial charge in [-0.25, -0.2) is 13.2 Å². The first-order chi connectivity index (χ1) is 8.95. The van der Waals surface area contributed by atoms with Gasteiger partial charge in [-0.2, -0.15) is 0 Å². The molecule has 3 unspecified atom stereocenters. The molecule has 0 amide bonds. The molecule has 1 fully saturated rings. The number of benzene rings is 1. The van der Waals surface area contributed by atoms with E-state index < -0.39 is 17.5 Å². The highest BCUT2D eigenvalue weighted by Crippen LogP contribution is 2.30. The Morgan fingerprint density at radius 1 is 1.16 bits per heavy atom. The smallest absolute Gasteiger partial charge is 0.194 e. The van der Waals surface area contributed by atoms with Crippen LogP contribution in [0.4, 0.5) is 18.9 Å². The van der Waals surface area contributed by atoms with Crippen molar-refractivity contribution in [2.75, 3.05) is 18.5 Å². The van der Waals surface area contributed by atoms with E-state index in [-0.39, 0.29) is 6.04 Å². The quantitative estimate of drug-likeness (QED) is 0.833. The number of piperidine rings is 1. The second kappa shape index (κ2) is 5.41. The predicted octanol–water partition coefficient (Wildman–Crippen LogP) is 2.93. The minimum atomic E-state index is -1.41. The first-order valence-electron chi connectivity index (χ1n) is 6.54. The summed E-state index contributed by atoms with van der Waals surface area (Å²) in [6.45, 7) is 4.82. The standard InChI is InChI=1S/C14H19F3N2/c1-8-9(2)19(5-4-13(8)18-3)10-6-11(15)14(17)12(16)7-10/h6-9,13,18H,4-5H2,1-3H3. The fourth-order valence-corrected chi connectivity index (χ4v) is 2.84. The number of anilines is 1. The van der Waals surface area contributed by atoms with Crippen LogP contribution in [0.1, 0.15) is 20.3 Å². The minimum absolute atomic E-state index is 0.135. The highest BCUT2D eigenvalue weighted by molar-refractivity contribution is 5.49. The molecule has 1 aromatic rings. The Labute approximate surface area is 111 Å². The molecule has 1 aliphatic rings. The lowest BCUT2D eigenvalue weighted by Crippen LogP contribution is -2.52. The van der Waals surface area contributed by atoms with Gasteiger partial charge in [-0.15, -0.1) is 0 Å². The lowest BCUT2D eigenvalue weighted by Gasteiger charge is -2.44. The molecule has 5 heteroatoms. The van der Waals surface area contributed by atoms with Gasteiger partial charge in [0.2, 0.25) is 0 Å². The molecule has 3 atom stereocenters. The number of hydrogen-bond acceptors (Lipinski definition) is 2. The first kappa shape index (κ1) is 14.2. The number of halogens is 3. The van der Waals surface area contributed by atoms with Crippen molar-refractivity contribution in [1.82, 2.24) is 5.32 Å². The molecule has 1 heterocycles. The molecule has 0 saturated carbocycles. The molecular formula is C14H19F3N2. The summed E-state index contributed by atoms with van der Waals surface area (Å²) in [5.74, 6) is -3.33. The van der Waals surface area contributed by atoms with Crippen LogP contribution in [0.25, 0.3) is 0 Å². The van der Waals surface area contributed by atoms with Gasteiger partial charge in [0, 0.05) is 36.4 Å². The van der Waals surface area contributed by atoms with Gasteiger partial charge in [0.25, 0.3) is 0 Å². The first-order valence-corrected chi connectivity index (χ1v) is 6.54. The summed E-state index contributed by atoms with van der Waals surface area (Å²) in [5.41, 5.74) is 0.408. The molecule has 2 nitrogen and oxygen atoms in total. The Morgan fingerprint density at radius 2 is 1.74 bits per heavy atom. The van der Waals surface area contributed by atoms with Gasteiger partial charge in [-0.3, -0.25) is 0 Å². The van der Waals surface area contributed by atoms with Crippen LogP contribution in [0.3, 0.4) is 0 Å². The van der Waals surface area contributed by atoms with Gasteiger partial charge in [-0.1, -0.05) is 6.92 Å². The maximum absolute atomic E-state index is 13.3. The molecule has 0 spiro atoms. The van der Waals surface area contributed by atoms with Crippen LogP contribution in [0.5, 0.6) is 0 Å². The van der Waals surface area contributed by atoms with Crippen LogP contribution in [-0.2, 0) is 0 Å². The summed E-state index contributed by atoms with van der Waals surface area (Å²) in [6.07, 6.45) is 0.891. The predicted molar refractivity (Wildman–Crippen MR) is 69.8 cm³/mol. The van der Waals surface area contributed by atoms with Crippen molar-refractivity contribution in [2.45, 2.75) is 32.4 Å². The Kier molecular flexibility index (Phi) is 4.04. The third-order valence-electron chi connectivity index (χ3n) is 4.24. The lowest BCUT2D eigenvalue weighted by atomic mass is 9.87. The molecule has 19 heavy (non-hydrogen) atoms. The molecule has 0 aromatic heterocycles. The Balaban J connectivity index is 2.28. The zero-order valence-corrected chi connectivity index (χ0v) is 11.4. The molecule has 1 N–H and O–H groups in total. The van der Waals surface area contributed by atoms with Crippen LogP contribution in [0.15, 0.2) is 12.1 Å². The highest BCUT2D eigenvalue weighted by Gasteiger charge is 2.32. The normalized spacial score (nSPS) is 27.7. The van der Waals surface area contributed by atoms with E-state index in [0.29, 0.717) is 24.2 Å². The van der Waals surface area contributed by atoms with Crippen molar-refractivity contribution in [1.29, 1.82) is 0 Å². The summed E-state index contributed by atoms with van der Waals surface area (Å²) in [5, 5.41) is 3.25. The van der Waals surface area contributed by atoms with Crippen molar-refractivity contribution in [3.05, 3.63) is 29.6 Å². The molecule has 1 aromatic carbocycles. The van der Waals surface area contributed by atoms with E-state index in [1.54, 1.807) is 0 Å². The summed E-state index contributed by atoms with van der Waals surface area (Å²) in [7, 11) is 1.92. The van der Waals surface area contributed by atoms with Gasteiger partial charge in [0.1, 0.15) is 0 Å². The molecule has 106 valence electrons. The zero-order chi connectivity index (χ0) is 14.2. The van der Waals surface area contributed by atoms with Crippen molar-refractivity contribution in [2.24, 2.45) is 5.92 Å². The zero-order valence-electron chi connectivity index (χ0n) is 11.4. The van der Waals surface area contributed by atoms with Gasteiger partial charge < -0.3 is 10.2 Å². The van der Waals surface area contributed by atoms with Crippen LogP contribution in [0.2, 0.25) is 0 Å². The average Bonchev–Trinajstić information content (AvgIpc) is 2.38. The Morgan fingerprint density at radius 3 is 2.26 bits per heavy atom. The average molecular weight is 272 g/mol. The van der Waals surface area contributed by atoms with Crippen LogP contribution < -0.4 is 10.2 Å². The van der Waals surface area contributed by atoms with Crippen molar-refractivity contribution in [3.63, 3.8) is 0 Å². The summed E-state index contributed by atoms with van der Waals surface area (Å²) < 4.78 is 39.6. The third kappa shape index (κ3) is 2.56. The monoisotopic (exact) mass is 272 g/mol. The molecule has 0 aliphatic carbocycles. The number of hydrogen-bond donors (Lipinski definition) is 1. The topological polar surface area (TPSA) is 15.3 Å². The third-order valence-corrected chi connectivity index (χ3v) is 4.24. The number of nitrogens with zero attached hydrogens (tertiary/aromatic N) is 1. The lowest BCUT2D eigenvalue weighted by molar-refractivity contribution is 0.282. The SMILES string of the molecule is CNC1CCN(c2cc(F)c(F)c(F)c2)C(C)C1C. The Bertz CT molecular complexity index is 441. The summed E-state index contributed by atoms with van der Waals surface area (Å²) in [6, 6.07) is 2.67.